The van der Waals surface area contributed by atoms with Gasteiger partial charge in [0.15, 0.2) is 11.5 Å². The van der Waals surface area contributed by atoms with Gasteiger partial charge in [0, 0.05) is 24.0 Å². The van der Waals surface area contributed by atoms with Crippen molar-refractivity contribution in [1.82, 2.24) is 4.90 Å². The molecule has 1 aromatic carbocycles. The lowest BCUT2D eigenvalue weighted by Crippen LogP contribution is -2.55. The summed E-state index contributed by atoms with van der Waals surface area (Å²) in [4.78, 5) is 14.4. The second kappa shape index (κ2) is 6.23. The SMILES string of the molecule is COc1ccc(C(=O)N2CC(CBr)OC(C)(C)C2)cc1O. The smallest absolute Gasteiger partial charge is 0.254 e. The number of ether oxygens (including phenoxy) is 2. The van der Waals surface area contributed by atoms with Crippen LogP contribution < -0.4 is 4.74 Å². The molecule has 0 saturated carbocycles. The number of benzene rings is 1. The van der Waals surface area contributed by atoms with E-state index in [0.29, 0.717) is 29.7 Å². The lowest BCUT2D eigenvalue weighted by atomic mass is 10.0. The van der Waals surface area contributed by atoms with Crippen LogP contribution in [0.3, 0.4) is 0 Å². The fourth-order valence-electron chi connectivity index (χ4n) is 2.54. The van der Waals surface area contributed by atoms with Crippen molar-refractivity contribution >= 4 is 21.8 Å². The summed E-state index contributed by atoms with van der Waals surface area (Å²) >= 11 is 3.41. The second-order valence-electron chi connectivity index (χ2n) is 5.73. The average molecular weight is 358 g/mol. The summed E-state index contributed by atoms with van der Waals surface area (Å²) in [6, 6.07) is 4.69. The minimum atomic E-state index is -0.388. The Kier molecular flexibility index (Phi) is 4.78. The van der Waals surface area contributed by atoms with E-state index in [2.05, 4.69) is 15.9 Å². The van der Waals surface area contributed by atoms with E-state index in [4.69, 9.17) is 9.47 Å². The fourth-order valence-corrected chi connectivity index (χ4v) is 2.87. The van der Waals surface area contributed by atoms with Crippen LogP contribution in [0.2, 0.25) is 0 Å². The molecule has 1 unspecified atom stereocenters. The maximum Gasteiger partial charge on any atom is 0.254 e. The number of carbonyl (C=O) groups is 1. The first-order valence-electron chi connectivity index (χ1n) is 6.76. The van der Waals surface area contributed by atoms with Gasteiger partial charge in [0.25, 0.3) is 5.91 Å². The molecule has 1 aliphatic heterocycles. The molecule has 0 aromatic heterocycles. The van der Waals surface area contributed by atoms with Crippen LogP contribution in [0.1, 0.15) is 24.2 Å². The van der Waals surface area contributed by atoms with Crippen LogP contribution in [0.5, 0.6) is 11.5 Å². The first-order chi connectivity index (χ1) is 9.86. The van der Waals surface area contributed by atoms with Gasteiger partial charge in [0.05, 0.1) is 18.8 Å². The van der Waals surface area contributed by atoms with Gasteiger partial charge in [-0.1, -0.05) is 15.9 Å². The average Bonchev–Trinajstić information content (AvgIpc) is 2.44. The Morgan fingerprint density at radius 3 is 2.86 bits per heavy atom. The zero-order chi connectivity index (χ0) is 15.6. The van der Waals surface area contributed by atoms with Crippen molar-refractivity contribution in [1.29, 1.82) is 0 Å². The molecule has 1 N–H and O–H groups in total. The molecule has 0 spiro atoms. The first kappa shape index (κ1) is 16.1. The van der Waals surface area contributed by atoms with Gasteiger partial charge in [0.2, 0.25) is 0 Å². The highest BCUT2D eigenvalue weighted by atomic mass is 79.9. The Balaban J connectivity index is 2.20. The van der Waals surface area contributed by atoms with Crippen LogP contribution in [0, 0.1) is 0 Å². The molecule has 2 rings (SSSR count). The summed E-state index contributed by atoms with van der Waals surface area (Å²) < 4.78 is 10.9. The molecular weight excluding hydrogens is 338 g/mol. The quantitative estimate of drug-likeness (QED) is 0.844. The van der Waals surface area contributed by atoms with Gasteiger partial charge < -0.3 is 19.5 Å². The predicted octanol–water partition coefficient (Wildman–Crippen LogP) is 2.42. The number of aromatic hydroxyl groups is 1. The minimum Gasteiger partial charge on any atom is -0.504 e. The molecule has 1 fully saturated rings. The second-order valence-corrected chi connectivity index (χ2v) is 6.37. The summed E-state index contributed by atoms with van der Waals surface area (Å²) in [6.45, 7) is 4.98. The molecule has 116 valence electrons. The molecule has 0 aliphatic carbocycles. The van der Waals surface area contributed by atoms with Gasteiger partial charge in [-0.05, 0) is 32.0 Å². The largest absolute Gasteiger partial charge is 0.504 e. The molecule has 1 aromatic rings. The van der Waals surface area contributed by atoms with Gasteiger partial charge in [-0.3, -0.25) is 4.79 Å². The van der Waals surface area contributed by atoms with Crippen molar-refractivity contribution in [2.45, 2.75) is 25.6 Å². The van der Waals surface area contributed by atoms with Crippen molar-refractivity contribution in [2.75, 3.05) is 25.5 Å². The standard InChI is InChI=1S/C15H20BrNO4/c1-15(2)9-17(8-11(7-16)21-15)14(19)10-4-5-13(20-3)12(18)6-10/h4-6,11,18H,7-9H2,1-3H3. The van der Waals surface area contributed by atoms with E-state index >= 15 is 0 Å². The number of hydrogen-bond donors (Lipinski definition) is 1. The van der Waals surface area contributed by atoms with Gasteiger partial charge >= 0.3 is 0 Å². The normalized spacial score (nSPS) is 21.1. The molecule has 1 aliphatic rings. The van der Waals surface area contributed by atoms with E-state index in [1.165, 1.54) is 13.2 Å². The highest BCUT2D eigenvalue weighted by Crippen LogP contribution is 2.28. The number of hydrogen-bond acceptors (Lipinski definition) is 4. The number of halogens is 1. The summed E-state index contributed by atoms with van der Waals surface area (Å²) in [5.41, 5.74) is 0.0558. The predicted molar refractivity (Wildman–Crippen MR) is 83.3 cm³/mol. The number of phenols is 1. The van der Waals surface area contributed by atoms with E-state index < -0.39 is 0 Å². The van der Waals surface area contributed by atoms with Gasteiger partial charge in [-0.15, -0.1) is 0 Å². The summed E-state index contributed by atoms with van der Waals surface area (Å²) in [7, 11) is 1.47. The van der Waals surface area contributed by atoms with Crippen molar-refractivity contribution < 1.29 is 19.4 Å². The third-order valence-corrected chi connectivity index (χ3v) is 4.09. The number of nitrogens with zero attached hydrogens (tertiary/aromatic N) is 1. The molecular formula is C15H20BrNO4. The monoisotopic (exact) mass is 357 g/mol. The van der Waals surface area contributed by atoms with Crippen molar-refractivity contribution in [3.63, 3.8) is 0 Å². The first-order valence-corrected chi connectivity index (χ1v) is 7.88. The van der Waals surface area contributed by atoms with Crippen LogP contribution in [0.25, 0.3) is 0 Å². The maximum absolute atomic E-state index is 12.6. The molecule has 0 bridgehead atoms. The zero-order valence-corrected chi connectivity index (χ0v) is 14.0. The van der Waals surface area contributed by atoms with Crippen LogP contribution in [-0.2, 0) is 4.74 Å². The molecule has 1 amide bonds. The third kappa shape index (κ3) is 3.68. The molecule has 1 heterocycles. The van der Waals surface area contributed by atoms with Crippen LogP contribution in [0.15, 0.2) is 18.2 Å². The molecule has 21 heavy (non-hydrogen) atoms. The number of amides is 1. The number of carbonyl (C=O) groups excluding carboxylic acids is 1. The van der Waals surface area contributed by atoms with E-state index in [1.54, 1.807) is 17.0 Å². The number of alkyl halides is 1. The van der Waals surface area contributed by atoms with E-state index in [9.17, 15) is 9.90 Å². The Bertz CT molecular complexity index is 532. The van der Waals surface area contributed by atoms with Gasteiger partial charge in [-0.2, -0.15) is 0 Å². The lowest BCUT2D eigenvalue weighted by molar-refractivity contribution is -0.116. The molecule has 5 nitrogen and oxygen atoms in total. The van der Waals surface area contributed by atoms with Crippen LogP contribution in [0.4, 0.5) is 0 Å². The highest BCUT2D eigenvalue weighted by Gasteiger charge is 2.35. The Morgan fingerprint density at radius 1 is 1.57 bits per heavy atom. The third-order valence-electron chi connectivity index (χ3n) is 3.37. The fraction of sp³-hybridized carbons (Fsp3) is 0.533. The van der Waals surface area contributed by atoms with Crippen LogP contribution >= 0.6 is 15.9 Å². The van der Waals surface area contributed by atoms with E-state index in [-0.39, 0.29) is 23.4 Å². The highest BCUT2D eigenvalue weighted by molar-refractivity contribution is 9.09. The summed E-state index contributed by atoms with van der Waals surface area (Å²) in [6.07, 6.45) is -0.0375. The topological polar surface area (TPSA) is 59.0 Å². The minimum absolute atomic E-state index is 0.0343. The number of morpholine rings is 1. The summed E-state index contributed by atoms with van der Waals surface area (Å²) in [5.74, 6) is 0.204. The summed E-state index contributed by atoms with van der Waals surface area (Å²) in [5, 5.41) is 10.5. The number of rotatable bonds is 3. The molecule has 1 saturated heterocycles. The van der Waals surface area contributed by atoms with Crippen molar-refractivity contribution in [3.8, 4) is 11.5 Å². The van der Waals surface area contributed by atoms with Crippen LogP contribution in [-0.4, -0.2) is 53.1 Å². The van der Waals surface area contributed by atoms with Gasteiger partial charge in [-0.25, -0.2) is 0 Å². The number of phenolic OH excluding ortho intramolecular Hbond substituents is 1. The van der Waals surface area contributed by atoms with Crippen molar-refractivity contribution in [2.24, 2.45) is 0 Å². The maximum atomic E-state index is 12.6. The Labute approximate surface area is 133 Å². The Hall–Kier alpha value is -1.27. The zero-order valence-electron chi connectivity index (χ0n) is 12.4. The molecule has 1 atom stereocenters. The van der Waals surface area contributed by atoms with E-state index in [0.717, 1.165) is 0 Å². The molecule has 6 heteroatoms. The van der Waals surface area contributed by atoms with Gasteiger partial charge in [0.1, 0.15) is 0 Å². The van der Waals surface area contributed by atoms with Crippen molar-refractivity contribution in [3.05, 3.63) is 23.8 Å². The Morgan fingerprint density at radius 2 is 2.29 bits per heavy atom. The molecule has 0 radical (unpaired) electrons. The lowest BCUT2D eigenvalue weighted by Gasteiger charge is -2.42. The number of methoxy groups -OCH3 is 1. The van der Waals surface area contributed by atoms with E-state index in [1.807, 2.05) is 13.8 Å².